The molecule has 0 spiro atoms. The second-order valence-corrected chi connectivity index (χ2v) is 14.8. The second kappa shape index (κ2) is 14.9. The smallest absolute Gasteiger partial charge is 0.276 e. The minimum atomic E-state index is -3.07. The fraction of sp³-hybridized carbons (Fsp3) is 0.447. The molecule has 3 amide bonds. The Bertz CT molecular complexity index is 2090. The standard InChI is InChI=1S/C38H42ClF2N7O5/c1-46-19-28(27-18-42-45-35(27)37(46)52)24-15-30(39)29(32(16-24)53-2)20-47-12-11-25(38(40,41)21-47)17-34(50)48-13-9-23(10-14-48)22-3-5-26(6-4-22)43-31-7-8-33(49)44-36(31)51/h3-6,15-16,18-19,23,25,31,43H,7-14,17,20-21H2,1-2H3,(H,42,45)(H,44,49,51). The number of imide groups is 1. The summed E-state index contributed by atoms with van der Waals surface area (Å²) in [6.45, 7) is 1.03. The van der Waals surface area contributed by atoms with Crippen molar-refractivity contribution >= 4 is 45.9 Å². The highest BCUT2D eigenvalue weighted by Crippen LogP contribution is 2.40. The average molecular weight is 750 g/mol. The lowest BCUT2D eigenvalue weighted by molar-refractivity contribution is -0.146. The molecule has 0 aliphatic carbocycles. The molecule has 53 heavy (non-hydrogen) atoms. The maximum atomic E-state index is 15.7. The Labute approximate surface area is 309 Å². The van der Waals surface area contributed by atoms with Crippen LogP contribution in [0.2, 0.25) is 5.02 Å². The van der Waals surface area contributed by atoms with Crippen molar-refractivity contribution in [1.82, 2.24) is 29.9 Å². The van der Waals surface area contributed by atoms with E-state index >= 15 is 8.78 Å². The van der Waals surface area contributed by atoms with Crippen molar-refractivity contribution in [3.8, 4) is 16.9 Å². The SMILES string of the molecule is COc1cc(-c2cn(C)c(=O)c3[nH]ncc23)cc(Cl)c1CN1CCC(CC(=O)N2CCC(c3ccc(NC4CCC(=O)NC4=O)cc3)CC2)C(F)(F)C1. The van der Waals surface area contributed by atoms with E-state index in [9.17, 15) is 19.2 Å². The summed E-state index contributed by atoms with van der Waals surface area (Å²) in [5.41, 5.74) is 4.06. The summed E-state index contributed by atoms with van der Waals surface area (Å²) in [7, 11) is 3.15. The molecule has 0 saturated carbocycles. The van der Waals surface area contributed by atoms with Crippen molar-refractivity contribution < 1.29 is 27.9 Å². The van der Waals surface area contributed by atoms with Crippen molar-refractivity contribution in [3.63, 3.8) is 0 Å². The summed E-state index contributed by atoms with van der Waals surface area (Å²) in [5.74, 6) is -4.27. The third-order valence-electron chi connectivity index (χ3n) is 10.9. The van der Waals surface area contributed by atoms with E-state index in [2.05, 4.69) is 20.8 Å². The Kier molecular flexibility index (Phi) is 10.3. The van der Waals surface area contributed by atoms with Gasteiger partial charge in [0.2, 0.25) is 17.7 Å². The maximum Gasteiger partial charge on any atom is 0.276 e. The molecule has 2 atom stereocenters. The third kappa shape index (κ3) is 7.65. The van der Waals surface area contributed by atoms with Crippen LogP contribution in [0.3, 0.4) is 0 Å². The predicted octanol–water partition coefficient (Wildman–Crippen LogP) is 5.06. The molecule has 0 radical (unpaired) electrons. The molecular weight excluding hydrogens is 708 g/mol. The van der Waals surface area contributed by atoms with Crippen LogP contribution in [0.15, 0.2) is 53.6 Å². The lowest BCUT2D eigenvalue weighted by Gasteiger charge is -2.39. The highest BCUT2D eigenvalue weighted by Gasteiger charge is 2.46. The van der Waals surface area contributed by atoms with Gasteiger partial charge in [0.1, 0.15) is 17.3 Å². The van der Waals surface area contributed by atoms with Crippen LogP contribution in [-0.4, -0.2) is 87.5 Å². The number of H-pyrrole nitrogens is 1. The molecule has 3 fully saturated rings. The van der Waals surface area contributed by atoms with Gasteiger partial charge < -0.3 is 19.5 Å². The van der Waals surface area contributed by atoms with Crippen LogP contribution in [0, 0.1) is 5.92 Å². The Morgan fingerprint density at radius 1 is 1.08 bits per heavy atom. The van der Waals surface area contributed by atoms with Crippen LogP contribution in [-0.2, 0) is 28.0 Å². The van der Waals surface area contributed by atoms with Gasteiger partial charge >= 0.3 is 0 Å². The topological polar surface area (TPSA) is 142 Å². The van der Waals surface area contributed by atoms with Gasteiger partial charge in [-0.25, -0.2) is 8.78 Å². The molecule has 2 aromatic heterocycles. The van der Waals surface area contributed by atoms with Gasteiger partial charge in [0, 0.05) is 78.9 Å². The number of likely N-dealkylation sites (tertiary alicyclic amines) is 2. The summed E-state index contributed by atoms with van der Waals surface area (Å²) >= 11 is 6.77. The zero-order valence-corrected chi connectivity index (χ0v) is 30.3. The third-order valence-corrected chi connectivity index (χ3v) is 11.2. The van der Waals surface area contributed by atoms with Gasteiger partial charge in [-0.2, -0.15) is 5.10 Å². The Morgan fingerprint density at radius 3 is 2.53 bits per heavy atom. The number of hydrogen-bond acceptors (Lipinski definition) is 8. The number of anilines is 1. The van der Waals surface area contributed by atoms with Crippen LogP contribution in [0.25, 0.3) is 22.0 Å². The number of hydrogen-bond donors (Lipinski definition) is 3. The van der Waals surface area contributed by atoms with E-state index in [1.807, 2.05) is 24.3 Å². The maximum absolute atomic E-state index is 15.7. The van der Waals surface area contributed by atoms with Crippen LogP contribution in [0.5, 0.6) is 5.75 Å². The summed E-state index contributed by atoms with van der Waals surface area (Å²) < 4.78 is 38.4. The molecule has 2 aromatic carbocycles. The summed E-state index contributed by atoms with van der Waals surface area (Å²) in [5, 5.41) is 13.3. The fourth-order valence-electron chi connectivity index (χ4n) is 7.84. The molecule has 280 valence electrons. The highest BCUT2D eigenvalue weighted by molar-refractivity contribution is 6.32. The first-order valence-corrected chi connectivity index (χ1v) is 18.3. The van der Waals surface area contributed by atoms with E-state index < -0.39 is 24.4 Å². The van der Waals surface area contributed by atoms with E-state index in [1.165, 1.54) is 11.7 Å². The molecule has 2 unspecified atom stereocenters. The van der Waals surface area contributed by atoms with Crippen LogP contribution < -0.4 is 20.9 Å². The number of aromatic amines is 1. The summed E-state index contributed by atoms with van der Waals surface area (Å²) in [4.78, 5) is 52.7. The Hall–Kier alpha value is -4.82. The molecule has 3 N–H and O–H groups in total. The van der Waals surface area contributed by atoms with Crippen molar-refractivity contribution in [3.05, 3.63) is 75.3 Å². The number of alkyl halides is 2. The van der Waals surface area contributed by atoms with Crippen molar-refractivity contribution in [1.29, 1.82) is 0 Å². The van der Waals surface area contributed by atoms with E-state index in [0.717, 1.165) is 29.7 Å². The van der Waals surface area contributed by atoms with Gasteiger partial charge in [0.25, 0.3) is 11.5 Å². The quantitative estimate of drug-likeness (QED) is 0.202. The number of amides is 3. The lowest BCUT2D eigenvalue weighted by Crippen LogP contribution is -2.50. The van der Waals surface area contributed by atoms with Crippen molar-refractivity contribution in [2.45, 2.75) is 63.0 Å². The number of pyridine rings is 1. The number of aromatic nitrogens is 3. The Morgan fingerprint density at radius 2 is 1.83 bits per heavy atom. The number of ether oxygens (including phenoxy) is 1. The number of halogens is 3. The van der Waals surface area contributed by atoms with Gasteiger partial charge in [-0.3, -0.25) is 34.5 Å². The molecule has 12 nitrogen and oxygen atoms in total. The normalized spacial score (nSPS) is 21.1. The molecule has 3 aliphatic heterocycles. The monoisotopic (exact) mass is 749 g/mol. The van der Waals surface area contributed by atoms with Gasteiger partial charge in [-0.05, 0) is 73.5 Å². The highest BCUT2D eigenvalue weighted by atomic mass is 35.5. The first-order chi connectivity index (χ1) is 25.4. The second-order valence-electron chi connectivity index (χ2n) is 14.3. The van der Waals surface area contributed by atoms with E-state index in [-0.39, 0.29) is 48.6 Å². The van der Waals surface area contributed by atoms with Gasteiger partial charge in [0.05, 0.1) is 19.9 Å². The number of piperidine rings is 3. The van der Waals surface area contributed by atoms with E-state index in [4.69, 9.17) is 16.3 Å². The minimum absolute atomic E-state index is 0.147. The predicted molar refractivity (Wildman–Crippen MR) is 196 cm³/mol. The van der Waals surface area contributed by atoms with Gasteiger partial charge in [-0.15, -0.1) is 0 Å². The number of rotatable bonds is 9. The first-order valence-electron chi connectivity index (χ1n) is 17.9. The summed E-state index contributed by atoms with van der Waals surface area (Å²) in [6.07, 6.45) is 5.46. The molecule has 3 saturated heterocycles. The molecule has 3 aliphatic rings. The first kappa shape index (κ1) is 36.5. The molecule has 7 rings (SSSR count). The Balaban J connectivity index is 0.926. The number of methoxy groups -OCH3 is 1. The largest absolute Gasteiger partial charge is 0.496 e. The van der Waals surface area contributed by atoms with Crippen LogP contribution >= 0.6 is 11.6 Å². The van der Waals surface area contributed by atoms with Crippen LogP contribution in [0.1, 0.15) is 55.6 Å². The van der Waals surface area contributed by atoms with Crippen molar-refractivity contribution in [2.24, 2.45) is 13.0 Å². The number of aryl methyl sites for hydroxylation is 1. The van der Waals surface area contributed by atoms with Gasteiger partial charge in [0.15, 0.2) is 0 Å². The molecule has 5 heterocycles. The van der Waals surface area contributed by atoms with E-state index in [0.29, 0.717) is 65.3 Å². The molecule has 4 aromatic rings. The average Bonchev–Trinajstić information content (AvgIpc) is 3.64. The molecule has 15 heteroatoms. The fourth-order valence-corrected chi connectivity index (χ4v) is 8.11. The number of nitrogens with one attached hydrogen (secondary N) is 3. The zero-order chi connectivity index (χ0) is 37.4. The molecular formula is C38H42ClF2N7O5. The number of fused-ring (bicyclic) bond motifs is 1. The lowest BCUT2D eigenvalue weighted by atomic mass is 9.87. The number of benzene rings is 2. The number of nitrogens with zero attached hydrogens (tertiary/aromatic N) is 4. The van der Waals surface area contributed by atoms with Crippen LogP contribution in [0.4, 0.5) is 14.5 Å². The van der Waals surface area contributed by atoms with E-state index in [1.54, 1.807) is 41.4 Å². The number of carbonyl (C=O) groups excluding carboxylic acids is 3. The van der Waals surface area contributed by atoms with Crippen molar-refractivity contribution in [2.75, 3.05) is 38.6 Å². The zero-order valence-electron chi connectivity index (χ0n) is 29.6. The number of carbonyl (C=O) groups is 3. The van der Waals surface area contributed by atoms with Gasteiger partial charge in [-0.1, -0.05) is 23.7 Å². The molecule has 0 bridgehead atoms. The summed E-state index contributed by atoms with van der Waals surface area (Å²) in [6, 6.07) is 10.9. The minimum Gasteiger partial charge on any atom is -0.496 e.